The van der Waals surface area contributed by atoms with Crippen LogP contribution in [0, 0.1) is 0 Å². The highest BCUT2D eigenvalue weighted by atomic mass is 16.5. The van der Waals surface area contributed by atoms with Crippen molar-refractivity contribution >= 4 is 5.97 Å². The van der Waals surface area contributed by atoms with Gasteiger partial charge in [-0.1, -0.05) is 90.2 Å². The van der Waals surface area contributed by atoms with Gasteiger partial charge in [0.2, 0.25) is 0 Å². The van der Waals surface area contributed by atoms with Crippen LogP contribution in [0.25, 0.3) is 11.4 Å². The van der Waals surface area contributed by atoms with Gasteiger partial charge in [-0.25, -0.2) is 14.8 Å². The highest BCUT2D eigenvalue weighted by Gasteiger charge is 2.08. The molecule has 0 bridgehead atoms. The van der Waals surface area contributed by atoms with Gasteiger partial charge >= 0.3 is 5.97 Å². The zero-order valence-electron chi connectivity index (χ0n) is 19.6. The molecule has 31 heavy (non-hydrogen) atoms. The number of hydrogen-bond donors (Lipinski definition) is 0. The maximum atomic E-state index is 12.2. The summed E-state index contributed by atoms with van der Waals surface area (Å²) in [4.78, 5) is 21.2. The van der Waals surface area contributed by atoms with Gasteiger partial charge in [-0.2, -0.15) is 0 Å². The fourth-order valence-electron chi connectivity index (χ4n) is 3.63. The number of aromatic nitrogens is 2. The third-order valence-corrected chi connectivity index (χ3v) is 5.63. The standard InChI is InChI=1S/C27H40N2O2/c1-3-5-7-9-10-11-13-15-23-21-28-26(29-22-23)24-16-18-25(19-17-24)27(30)31-20-14-12-8-6-4-2/h16-19,21-22H,3-15,20H2,1-2H3. The number of ether oxygens (including phenoxy) is 1. The number of rotatable bonds is 16. The number of benzene rings is 1. The number of carbonyl (C=O) groups excluding carboxylic acids is 1. The minimum atomic E-state index is -0.256. The van der Waals surface area contributed by atoms with Crippen molar-refractivity contribution in [3.8, 4) is 11.4 Å². The van der Waals surface area contributed by atoms with E-state index in [2.05, 4.69) is 23.8 Å². The average Bonchev–Trinajstić information content (AvgIpc) is 2.81. The first-order valence-electron chi connectivity index (χ1n) is 12.3. The molecule has 0 amide bonds. The largest absolute Gasteiger partial charge is 0.462 e. The molecule has 0 unspecified atom stereocenters. The van der Waals surface area contributed by atoms with Gasteiger partial charge in [-0.05, 0) is 37.0 Å². The van der Waals surface area contributed by atoms with E-state index in [0.717, 1.165) is 24.8 Å². The first-order valence-corrected chi connectivity index (χ1v) is 12.3. The van der Waals surface area contributed by atoms with Gasteiger partial charge in [0.25, 0.3) is 0 Å². The van der Waals surface area contributed by atoms with Gasteiger partial charge in [-0.3, -0.25) is 0 Å². The Morgan fingerprint density at radius 3 is 1.90 bits per heavy atom. The lowest BCUT2D eigenvalue weighted by Crippen LogP contribution is -2.06. The van der Waals surface area contributed by atoms with Crippen molar-refractivity contribution < 1.29 is 9.53 Å². The number of nitrogens with zero attached hydrogens (tertiary/aromatic N) is 2. The first-order chi connectivity index (χ1) is 15.2. The summed E-state index contributed by atoms with van der Waals surface area (Å²) in [5, 5.41) is 0. The lowest BCUT2D eigenvalue weighted by molar-refractivity contribution is 0.0497. The summed E-state index contributed by atoms with van der Waals surface area (Å²) in [6.07, 6.45) is 19.8. The van der Waals surface area contributed by atoms with E-state index in [1.165, 1.54) is 69.8 Å². The van der Waals surface area contributed by atoms with Crippen molar-refractivity contribution in [3.05, 3.63) is 47.8 Å². The summed E-state index contributed by atoms with van der Waals surface area (Å²) in [7, 11) is 0. The molecule has 0 N–H and O–H groups in total. The minimum absolute atomic E-state index is 0.256. The van der Waals surface area contributed by atoms with Crippen LogP contribution in [0.3, 0.4) is 0 Å². The Morgan fingerprint density at radius 1 is 0.742 bits per heavy atom. The fraction of sp³-hybridized carbons (Fsp3) is 0.593. The molecular formula is C27H40N2O2. The van der Waals surface area contributed by atoms with Crippen molar-refractivity contribution in [2.45, 2.75) is 97.3 Å². The van der Waals surface area contributed by atoms with E-state index in [9.17, 15) is 4.79 Å². The molecule has 1 aromatic carbocycles. The number of unbranched alkanes of at least 4 members (excludes halogenated alkanes) is 10. The molecule has 0 fully saturated rings. The zero-order chi connectivity index (χ0) is 22.2. The monoisotopic (exact) mass is 424 g/mol. The van der Waals surface area contributed by atoms with Gasteiger partial charge in [0.05, 0.1) is 12.2 Å². The van der Waals surface area contributed by atoms with Gasteiger partial charge in [0.1, 0.15) is 0 Å². The van der Waals surface area contributed by atoms with Crippen LogP contribution in [0.5, 0.6) is 0 Å². The maximum Gasteiger partial charge on any atom is 0.338 e. The number of carbonyl (C=O) groups is 1. The van der Waals surface area contributed by atoms with Crippen LogP contribution >= 0.6 is 0 Å². The van der Waals surface area contributed by atoms with Crippen LogP contribution in [-0.2, 0) is 11.2 Å². The Bertz CT molecular complexity index is 726. The molecule has 1 aromatic heterocycles. The molecule has 2 aromatic rings. The van der Waals surface area contributed by atoms with Crippen molar-refractivity contribution in [1.29, 1.82) is 0 Å². The van der Waals surface area contributed by atoms with E-state index < -0.39 is 0 Å². The van der Waals surface area contributed by atoms with Gasteiger partial charge < -0.3 is 4.74 Å². The summed E-state index contributed by atoms with van der Waals surface area (Å²) in [5.74, 6) is 0.437. The molecule has 4 heteroatoms. The minimum Gasteiger partial charge on any atom is -0.462 e. The summed E-state index contributed by atoms with van der Waals surface area (Å²) in [6, 6.07) is 7.38. The van der Waals surface area contributed by atoms with Crippen LogP contribution in [0.2, 0.25) is 0 Å². The Balaban J connectivity index is 1.72. The highest BCUT2D eigenvalue weighted by molar-refractivity contribution is 5.89. The predicted molar refractivity (Wildman–Crippen MR) is 128 cm³/mol. The molecule has 0 saturated heterocycles. The number of esters is 1. The topological polar surface area (TPSA) is 52.1 Å². The summed E-state index contributed by atoms with van der Waals surface area (Å²) >= 11 is 0. The van der Waals surface area contributed by atoms with E-state index in [-0.39, 0.29) is 5.97 Å². The molecule has 0 spiro atoms. The Labute approximate surface area is 188 Å². The van der Waals surface area contributed by atoms with E-state index in [1.807, 2.05) is 24.5 Å². The van der Waals surface area contributed by atoms with Gasteiger partial charge in [0, 0.05) is 18.0 Å². The maximum absolute atomic E-state index is 12.2. The number of hydrogen-bond acceptors (Lipinski definition) is 4. The summed E-state index contributed by atoms with van der Waals surface area (Å²) in [5.41, 5.74) is 2.68. The molecule has 0 radical (unpaired) electrons. The Kier molecular flexibility index (Phi) is 12.6. The fourth-order valence-corrected chi connectivity index (χ4v) is 3.63. The Hall–Kier alpha value is -2.23. The molecule has 0 atom stereocenters. The molecule has 2 rings (SSSR count). The molecule has 0 aliphatic carbocycles. The zero-order valence-corrected chi connectivity index (χ0v) is 19.6. The normalized spacial score (nSPS) is 10.9. The molecule has 170 valence electrons. The Morgan fingerprint density at radius 2 is 1.29 bits per heavy atom. The third-order valence-electron chi connectivity index (χ3n) is 5.63. The highest BCUT2D eigenvalue weighted by Crippen LogP contribution is 2.17. The van der Waals surface area contributed by atoms with Crippen molar-refractivity contribution in [2.24, 2.45) is 0 Å². The van der Waals surface area contributed by atoms with Crippen LogP contribution in [0.1, 0.15) is 107 Å². The first kappa shape index (κ1) is 25.0. The van der Waals surface area contributed by atoms with Crippen LogP contribution in [0.15, 0.2) is 36.7 Å². The quantitative estimate of drug-likeness (QED) is 0.206. The van der Waals surface area contributed by atoms with E-state index >= 15 is 0 Å². The molecule has 1 heterocycles. The van der Waals surface area contributed by atoms with E-state index in [1.54, 1.807) is 12.1 Å². The van der Waals surface area contributed by atoms with Crippen LogP contribution in [0.4, 0.5) is 0 Å². The summed E-state index contributed by atoms with van der Waals surface area (Å²) in [6.45, 7) is 4.94. The van der Waals surface area contributed by atoms with Gasteiger partial charge in [-0.15, -0.1) is 0 Å². The molecule has 0 aliphatic rings. The van der Waals surface area contributed by atoms with E-state index in [4.69, 9.17) is 4.74 Å². The van der Waals surface area contributed by atoms with Crippen molar-refractivity contribution in [3.63, 3.8) is 0 Å². The van der Waals surface area contributed by atoms with Gasteiger partial charge in [0.15, 0.2) is 5.82 Å². The molecule has 0 aliphatic heterocycles. The smallest absolute Gasteiger partial charge is 0.338 e. The molecule has 4 nitrogen and oxygen atoms in total. The summed E-state index contributed by atoms with van der Waals surface area (Å²) < 4.78 is 5.37. The second kappa shape index (κ2) is 15.6. The lowest BCUT2D eigenvalue weighted by Gasteiger charge is -2.06. The third kappa shape index (κ3) is 10.1. The van der Waals surface area contributed by atoms with Crippen LogP contribution < -0.4 is 0 Å². The molecule has 0 saturated carbocycles. The van der Waals surface area contributed by atoms with Crippen LogP contribution in [-0.4, -0.2) is 22.5 Å². The van der Waals surface area contributed by atoms with Crippen molar-refractivity contribution in [2.75, 3.05) is 6.61 Å². The average molecular weight is 425 g/mol. The SMILES string of the molecule is CCCCCCCCCc1cnc(-c2ccc(C(=O)OCCCCCCC)cc2)nc1. The van der Waals surface area contributed by atoms with Crippen molar-refractivity contribution in [1.82, 2.24) is 9.97 Å². The second-order valence-corrected chi connectivity index (χ2v) is 8.41. The number of aryl methyl sites for hydroxylation is 1. The molecular weight excluding hydrogens is 384 g/mol. The second-order valence-electron chi connectivity index (χ2n) is 8.41. The lowest BCUT2D eigenvalue weighted by atomic mass is 10.1. The van der Waals surface area contributed by atoms with E-state index in [0.29, 0.717) is 18.0 Å². The predicted octanol–water partition coefficient (Wildman–Crippen LogP) is 7.56.